The number of aliphatic hydroxyl groups is 1. The third-order valence-electron chi connectivity index (χ3n) is 5.59. The summed E-state index contributed by atoms with van der Waals surface area (Å²) in [4.78, 5) is 20.1. The average Bonchev–Trinajstić information content (AvgIpc) is 3.05. The quantitative estimate of drug-likeness (QED) is 0.684. The molecule has 2 aromatic heterocycles. The molecule has 2 heterocycles. The van der Waals surface area contributed by atoms with Gasteiger partial charge in [0.2, 0.25) is 0 Å². The lowest BCUT2D eigenvalue weighted by atomic mass is 9.93. The molecule has 1 fully saturated rings. The molecule has 150 valence electrons. The van der Waals surface area contributed by atoms with Crippen LogP contribution in [-0.2, 0) is 6.42 Å². The molecule has 1 saturated carbocycles. The molecule has 0 radical (unpaired) electrons. The number of pyridine rings is 1. The second kappa shape index (κ2) is 7.90. The van der Waals surface area contributed by atoms with Crippen molar-refractivity contribution >= 4 is 22.8 Å². The lowest BCUT2D eigenvalue weighted by Crippen LogP contribution is -2.27. The summed E-state index contributed by atoms with van der Waals surface area (Å²) in [5.74, 6) is 0.579. The minimum absolute atomic E-state index is 0.0108. The number of hydrogen-bond acceptors (Lipinski definition) is 5. The van der Waals surface area contributed by atoms with Gasteiger partial charge in [-0.05, 0) is 43.4 Å². The number of nitrogens with one attached hydrogen (secondary N) is 1. The summed E-state index contributed by atoms with van der Waals surface area (Å²) in [6.45, 7) is 0. The SMILES string of the molecule is COc1ccc(Cc2c(C#N)cnc3c2[nH]c(=O)n3C2CCC(O)CC2)cc1Cl. The van der Waals surface area contributed by atoms with E-state index in [2.05, 4.69) is 16.0 Å². The van der Waals surface area contributed by atoms with Gasteiger partial charge in [0.05, 0.1) is 29.3 Å². The predicted molar refractivity (Wildman–Crippen MR) is 109 cm³/mol. The first-order valence-electron chi connectivity index (χ1n) is 9.54. The summed E-state index contributed by atoms with van der Waals surface area (Å²) in [6, 6.07) is 7.63. The average molecular weight is 413 g/mol. The maximum absolute atomic E-state index is 12.7. The van der Waals surface area contributed by atoms with E-state index in [1.807, 2.05) is 6.07 Å². The standard InChI is InChI=1S/C21H21ClN4O3/c1-29-18-7-2-12(9-17(18)22)8-16-13(10-23)11-24-20-19(16)25-21(28)26(20)14-3-5-15(27)6-4-14/h2,7,9,11,14-15,27H,3-6,8H2,1H3,(H,25,28). The highest BCUT2D eigenvalue weighted by Crippen LogP contribution is 2.31. The van der Waals surface area contributed by atoms with Crippen LogP contribution in [0.4, 0.5) is 0 Å². The van der Waals surface area contributed by atoms with Crippen molar-refractivity contribution in [2.45, 2.75) is 44.2 Å². The van der Waals surface area contributed by atoms with Gasteiger partial charge < -0.3 is 14.8 Å². The zero-order chi connectivity index (χ0) is 20.5. The Morgan fingerprint density at radius 1 is 1.38 bits per heavy atom. The number of benzene rings is 1. The molecule has 0 aliphatic heterocycles. The zero-order valence-electron chi connectivity index (χ0n) is 16.0. The fourth-order valence-corrected chi connectivity index (χ4v) is 4.35. The summed E-state index contributed by atoms with van der Waals surface area (Å²) in [5.41, 5.74) is 2.91. The minimum atomic E-state index is -0.305. The van der Waals surface area contributed by atoms with Crippen molar-refractivity contribution in [3.05, 3.63) is 56.6 Å². The number of aromatic amines is 1. The highest BCUT2D eigenvalue weighted by molar-refractivity contribution is 6.32. The predicted octanol–water partition coefficient (Wildman–Crippen LogP) is 3.33. The van der Waals surface area contributed by atoms with Crippen LogP contribution in [0.2, 0.25) is 5.02 Å². The molecule has 29 heavy (non-hydrogen) atoms. The van der Waals surface area contributed by atoms with Gasteiger partial charge in [-0.25, -0.2) is 9.78 Å². The first kappa shape index (κ1) is 19.5. The molecule has 8 heteroatoms. The fraction of sp³-hybridized carbons (Fsp3) is 0.381. The van der Waals surface area contributed by atoms with Crippen LogP contribution in [0.15, 0.2) is 29.2 Å². The Morgan fingerprint density at radius 2 is 2.14 bits per heavy atom. The molecular formula is C21H21ClN4O3. The lowest BCUT2D eigenvalue weighted by Gasteiger charge is -2.26. The number of halogens is 1. The van der Waals surface area contributed by atoms with Crippen molar-refractivity contribution in [2.75, 3.05) is 7.11 Å². The second-order valence-corrected chi connectivity index (χ2v) is 7.78. The second-order valence-electron chi connectivity index (χ2n) is 7.37. The number of imidazole rings is 1. The molecule has 0 saturated heterocycles. The van der Waals surface area contributed by atoms with Crippen LogP contribution in [0, 0.1) is 11.3 Å². The number of hydrogen-bond donors (Lipinski definition) is 2. The molecule has 1 aliphatic carbocycles. The molecule has 1 aromatic carbocycles. The molecule has 2 N–H and O–H groups in total. The number of methoxy groups -OCH3 is 1. The first-order chi connectivity index (χ1) is 14.0. The van der Waals surface area contributed by atoms with Crippen molar-refractivity contribution in [3.63, 3.8) is 0 Å². The smallest absolute Gasteiger partial charge is 0.327 e. The summed E-state index contributed by atoms with van der Waals surface area (Å²) in [5, 5.41) is 19.8. The van der Waals surface area contributed by atoms with E-state index < -0.39 is 0 Å². The van der Waals surface area contributed by atoms with Crippen LogP contribution in [0.1, 0.15) is 48.4 Å². The number of aliphatic hydroxyl groups excluding tert-OH is 1. The highest BCUT2D eigenvalue weighted by atomic mass is 35.5. The molecule has 0 amide bonds. The van der Waals surface area contributed by atoms with E-state index in [0.29, 0.717) is 52.3 Å². The summed E-state index contributed by atoms with van der Waals surface area (Å²) >= 11 is 6.25. The van der Waals surface area contributed by atoms with Gasteiger partial charge in [0.15, 0.2) is 5.65 Å². The maximum atomic E-state index is 12.7. The molecule has 7 nitrogen and oxygen atoms in total. The summed E-state index contributed by atoms with van der Waals surface area (Å²) < 4.78 is 6.87. The van der Waals surface area contributed by atoms with Crippen molar-refractivity contribution in [1.82, 2.24) is 14.5 Å². The Labute approximate surface area is 172 Å². The van der Waals surface area contributed by atoms with Gasteiger partial charge in [-0.2, -0.15) is 5.26 Å². The van der Waals surface area contributed by atoms with Gasteiger partial charge in [0.25, 0.3) is 0 Å². The van der Waals surface area contributed by atoms with E-state index in [0.717, 1.165) is 18.4 Å². The Kier molecular flexibility index (Phi) is 5.31. The third kappa shape index (κ3) is 3.61. The van der Waals surface area contributed by atoms with Crippen LogP contribution >= 0.6 is 11.6 Å². The number of ether oxygens (including phenoxy) is 1. The Hall–Kier alpha value is -2.82. The minimum Gasteiger partial charge on any atom is -0.495 e. The number of aromatic nitrogens is 3. The Bertz CT molecular complexity index is 1150. The molecule has 0 bridgehead atoms. The summed E-state index contributed by atoms with van der Waals surface area (Å²) in [7, 11) is 1.55. The van der Waals surface area contributed by atoms with Crippen molar-refractivity contribution in [1.29, 1.82) is 5.26 Å². The molecule has 0 spiro atoms. The number of rotatable bonds is 4. The van der Waals surface area contributed by atoms with Gasteiger partial charge in [0, 0.05) is 24.2 Å². The van der Waals surface area contributed by atoms with Gasteiger partial charge in [-0.3, -0.25) is 4.57 Å². The molecule has 1 aliphatic rings. The van der Waals surface area contributed by atoms with E-state index in [4.69, 9.17) is 16.3 Å². The van der Waals surface area contributed by atoms with E-state index in [1.54, 1.807) is 23.8 Å². The van der Waals surface area contributed by atoms with E-state index in [9.17, 15) is 15.2 Å². The van der Waals surface area contributed by atoms with Crippen LogP contribution in [0.25, 0.3) is 11.2 Å². The number of fused-ring (bicyclic) bond motifs is 1. The molecular weight excluding hydrogens is 392 g/mol. The monoisotopic (exact) mass is 412 g/mol. The maximum Gasteiger partial charge on any atom is 0.327 e. The number of nitriles is 1. The first-order valence-corrected chi connectivity index (χ1v) is 9.92. The van der Waals surface area contributed by atoms with Crippen molar-refractivity contribution < 1.29 is 9.84 Å². The topological polar surface area (TPSA) is 104 Å². The third-order valence-corrected chi connectivity index (χ3v) is 5.89. The number of H-pyrrole nitrogens is 1. The molecule has 0 unspecified atom stereocenters. The fourth-order valence-electron chi connectivity index (χ4n) is 4.07. The molecule has 3 aromatic rings. The van der Waals surface area contributed by atoms with E-state index in [-0.39, 0.29) is 17.8 Å². The van der Waals surface area contributed by atoms with Crippen molar-refractivity contribution in [2.24, 2.45) is 0 Å². The normalized spacial score (nSPS) is 19.2. The van der Waals surface area contributed by atoms with Gasteiger partial charge in [-0.15, -0.1) is 0 Å². The largest absolute Gasteiger partial charge is 0.495 e. The Morgan fingerprint density at radius 3 is 2.79 bits per heavy atom. The molecule has 4 rings (SSSR count). The van der Waals surface area contributed by atoms with Crippen LogP contribution in [-0.4, -0.2) is 32.9 Å². The van der Waals surface area contributed by atoms with Gasteiger partial charge >= 0.3 is 5.69 Å². The van der Waals surface area contributed by atoms with Gasteiger partial charge in [0.1, 0.15) is 11.8 Å². The highest BCUT2D eigenvalue weighted by Gasteiger charge is 2.25. The van der Waals surface area contributed by atoms with Crippen molar-refractivity contribution in [3.8, 4) is 11.8 Å². The van der Waals surface area contributed by atoms with Crippen LogP contribution in [0.5, 0.6) is 5.75 Å². The molecule has 0 atom stereocenters. The van der Waals surface area contributed by atoms with E-state index in [1.165, 1.54) is 6.20 Å². The Balaban J connectivity index is 1.79. The number of nitrogens with zero attached hydrogens (tertiary/aromatic N) is 3. The summed E-state index contributed by atoms with van der Waals surface area (Å²) in [6.07, 6.45) is 4.41. The van der Waals surface area contributed by atoms with Crippen LogP contribution in [0.3, 0.4) is 0 Å². The lowest BCUT2D eigenvalue weighted by molar-refractivity contribution is 0.111. The van der Waals surface area contributed by atoms with Gasteiger partial charge in [-0.1, -0.05) is 17.7 Å². The van der Waals surface area contributed by atoms with Crippen LogP contribution < -0.4 is 10.4 Å². The zero-order valence-corrected chi connectivity index (χ0v) is 16.7. The van der Waals surface area contributed by atoms with E-state index >= 15 is 0 Å².